The largest absolute Gasteiger partial charge is 0.465 e. The Balaban J connectivity index is 1.59. The number of para-hydroxylation sites is 1. The number of fused-ring (bicyclic) bond motifs is 2. The van der Waals surface area contributed by atoms with Crippen molar-refractivity contribution in [3.8, 4) is 11.3 Å². The summed E-state index contributed by atoms with van der Waals surface area (Å²) in [4.78, 5) is 31.8. The van der Waals surface area contributed by atoms with Crippen LogP contribution in [-0.4, -0.2) is 24.0 Å². The van der Waals surface area contributed by atoms with Crippen LogP contribution in [0.4, 0.5) is 9.39 Å². The lowest BCUT2D eigenvalue weighted by atomic mass is 9.95. The van der Waals surface area contributed by atoms with Crippen molar-refractivity contribution in [1.29, 1.82) is 0 Å². The molecule has 4 aromatic rings. The van der Waals surface area contributed by atoms with Gasteiger partial charge in [-0.3, -0.25) is 4.79 Å². The fourth-order valence-electron chi connectivity index (χ4n) is 4.27. The van der Waals surface area contributed by atoms with E-state index < -0.39 is 5.97 Å². The first-order valence-electron chi connectivity index (χ1n) is 10.7. The van der Waals surface area contributed by atoms with Crippen LogP contribution in [0.15, 0.2) is 54.6 Å². The number of nitrogens with zero attached hydrogens (tertiary/aromatic N) is 1. The predicted molar refractivity (Wildman–Crippen MR) is 127 cm³/mol. The molecule has 0 spiro atoms. The van der Waals surface area contributed by atoms with Gasteiger partial charge < -0.3 is 10.1 Å². The number of nitrogens with one attached hydrogen (secondary N) is 1. The minimum Gasteiger partial charge on any atom is -0.465 e. The molecule has 0 saturated heterocycles. The van der Waals surface area contributed by atoms with Crippen LogP contribution in [-0.2, 0) is 17.6 Å². The Morgan fingerprint density at radius 2 is 1.82 bits per heavy atom. The molecule has 2 aromatic carbocycles. The molecule has 1 aliphatic carbocycles. The first-order valence-corrected chi connectivity index (χ1v) is 11.6. The number of carbonyl (C=O) groups is 2. The average Bonchev–Trinajstić information content (AvgIpc) is 3.21. The van der Waals surface area contributed by atoms with E-state index in [-0.39, 0.29) is 11.7 Å². The van der Waals surface area contributed by atoms with Gasteiger partial charge in [0.25, 0.3) is 5.91 Å². The minimum absolute atomic E-state index is 0.333. The van der Waals surface area contributed by atoms with Crippen LogP contribution in [0.1, 0.15) is 44.0 Å². The maximum absolute atomic E-state index is 13.5. The van der Waals surface area contributed by atoms with Gasteiger partial charge in [-0.05, 0) is 67.6 Å². The van der Waals surface area contributed by atoms with Gasteiger partial charge in [0.05, 0.1) is 29.4 Å². The number of rotatable bonds is 4. The molecule has 0 unspecified atom stereocenters. The molecule has 33 heavy (non-hydrogen) atoms. The summed E-state index contributed by atoms with van der Waals surface area (Å²) in [5.41, 5.74) is 3.81. The third-order valence-corrected chi connectivity index (χ3v) is 7.10. The van der Waals surface area contributed by atoms with Gasteiger partial charge in [0.15, 0.2) is 0 Å². The second-order valence-corrected chi connectivity index (χ2v) is 9.04. The number of aromatic nitrogens is 1. The summed E-state index contributed by atoms with van der Waals surface area (Å²) in [5, 5.41) is 4.18. The summed E-state index contributed by atoms with van der Waals surface area (Å²) in [6.45, 7) is 0. The summed E-state index contributed by atoms with van der Waals surface area (Å²) in [5.74, 6) is -1.11. The van der Waals surface area contributed by atoms with Gasteiger partial charge in [0.1, 0.15) is 10.8 Å². The van der Waals surface area contributed by atoms with Crippen molar-refractivity contribution in [3.63, 3.8) is 0 Å². The van der Waals surface area contributed by atoms with Crippen molar-refractivity contribution in [1.82, 2.24) is 4.98 Å². The molecule has 0 radical (unpaired) electrons. The molecule has 1 N–H and O–H groups in total. The number of anilines is 1. The summed E-state index contributed by atoms with van der Waals surface area (Å²) in [6, 6.07) is 15.1. The Morgan fingerprint density at radius 1 is 1.06 bits per heavy atom. The van der Waals surface area contributed by atoms with Crippen molar-refractivity contribution in [2.75, 3.05) is 12.4 Å². The summed E-state index contributed by atoms with van der Waals surface area (Å²) < 4.78 is 18.4. The number of thiophene rings is 1. The highest BCUT2D eigenvalue weighted by molar-refractivity contribution is 7.17. The van der Waals surface area contributed by atoms with E-state index in [1.807, 2.05) is 24.3 Å². The number of carbonyl (C=O) groups excluding carboxylic acids is 2. The maximum Gasteiger partial charge on any atom is 0.341 e. The molecule has 7 heteroatoms. The molecular formula is C26H21FN2O3S. The molecule has 1 amide bonds. The zero-order valence-corrected chi connectivity index (χ0v) is 18.8. The number of hydrogen-bond acceptors (Lipinski definition) is 5. The Labute approximate surface area is 194 Å². The van der Waals surface area contributed by atoms with Crippen LogP contribution >= 0.6 is 11.3 Å². The molecule has 0 aliphatic heterocycles. The Kier molecular flexibility index (Phi) is 5.64. The molecular weight excluding hydrogens is 439 g/mol. The normalized spacial score (nSPS) is 12.9. The van der Waals surface area contributed by atoms with E-state index in [4.69, 9.17) is 4.74 Å². The standard InChI is InChI=1S/C26H21FN2O3S/c1-32-26(31)23-18-7-3-5-9-22(18)33-25(23)29-24(30)19-14-21(15-10-12-16(27)13-11-15)28-20-8-4-2-6-17(19)20/h2,4,6,8,10-14H,3,5,7,9H2,1H3,(H,29,30). The minimum atomic E-state index is -0.434. The van der Waals surface area contributed by atoms with Crippen molar-refractivity contribution in [2.24, 2.45) is 0 Å². The molecule has 0 bridgehead atoms. The monoisotopic (exact) mass is 460 g/mol. The van der Waals surface area contributed by atoms with Crippen molar-refractivity contribution in [2.45, 2.75) is 25.7 Å². The number of pyridine rings is 1. The van der Waals surface area contributed by atoms with E-state index in [1.54, 1.807) is 18.2 Å². The first kappa shape index (κ1) is 21.3. The van der Waals surface area contributed by atoms with Crippen molar-refractivity contribution in [3.05, 3.63) is 82.0 Å². The van der Waals surface area contributed by atoms with Crippen molar-refractivity contribution >= 4 is 39.1 Å². The summed E-state index contributed by atoms with van der Waals surface area (Å²) in [6.07, 6.45) is 3.78. The van der Waals surface area contributed by atoms with Crippen LogP contribution in [0.2, 0.25) is 0 Å². The zero-order chi connectivity index (χ0) is 22.9. The van der Waals surface area contributed by atoms with Crippen LogP contribution in [0.3, 0.4) is 0 Å². The SMILES string of the molecule is COC(=O)c1c(NC(=O)c2cc(-c3ccc(F)cc3)nc3ccccc23)sc2c1CCCC2. The van der Waals surface area contributed by atoms with Crippen LogP contribution in [0.5, 0.6) is 0 Å². The lowest BCUT2D eigenvalue weighted by Gasteiger charge is -2.12. The number of methoxy groups -OCH3 is 1. The summed E-state index contributed by atoms with van der Waals surface area (Å²) >= 11 is 1.45. The first-order chi connectivity index (χ1) is 16.0. The van der Waals surface area contributed by atoms with Gasteiger partial charge >= 0.3 is 5.97 Å². The number of benzene rings is 2. The van der Waals surface area contributed by atoms with E-state index in [0.29, 0.717) is 38.3 Å². The van der Waals surface area contributed by atoms with Gasteiger partial charge in [-0.1, -0.05) is 18.2 Å². The van der Waals surface area contributed by atoms with E-state index in [1.165, 1.54) is 30.6 Å². The van der Waals surface area contributed by atoms with Crippen molar-refractivity contribution < 1.29 is 18.7 Å². The highest BCUT2D eigenvalue weighted by atomic mass is 32.1. The topological polar surface area (TPSA) is 68.3 Å². The van der Waals surface area contributed by atoms with E-state index in [2.05, 4.69) is 10.3 Å². The number of halogens is 1. The van der Waals surface area contributed by atoms with Crippen LogP contribution in [0, 0.1) is 5.82 Å². The van der Waals surface area contributed by atoms with Gasteiger partial charge in [0, 0.05) is 15.8 Å². The molecule has 166 valence electrons. The smallest absolute Gasteiger partial charge is 0.341 e. The number of aryl methyl sites for hydroxylation is 1. The third-order valence-electron chi connectivity index (χ3n) is 5.89. The lowest BCUT2D eigenvalue weighted by Crippen LogP contribution is -2.16. The molecule has 0 atom stereocenters. The Morgan fingerprint density at radius 3 is 2.61 bits per heavy atom. The number of amides is 1. The van der Waals surface area contributed by atoms with E-state index in [9.17, 15) is 14.0 Å². The number of hydrogen-bond donors (Lipinski definition) is 1. The fourth-order valence-corrected chi connectivity index (χ4v) is 5.55. The highest BCUT2D eigenvalue weighted by Crippen LogP contribution is 2.39. The van der Waals surface area contributed by atoms with E-state index in [0.717, 1.165) is 36.1 Å². The fraction of sp³-hybridized carbons (Fsp3) is 0.192. The lowest BCUT2D eigenvalue weighted by molar-refractivity contribution is 0.0601. The predicted octanol–water partition coefficient (Wildman–Crippen LogP) is 6.02. The molecule has 5 nitrogen and oxygen atoms in total. The molecule has 5 rings (SSSR count). The average molecular weight is 461 g/mol. The summed E-state index contributed by atoms with van der Waals surface area (Å²) in [7, 11) is 1.35. The van der Waals surface area contributed by atoms with Gasteiger partial charge in [-0.25, -0.2) is 14.2 Å². The second kappa shape index (κ2) is 8.75. The highest BCUT2D eigenvalue weighted by Gasteiger charge is 2.27. The van der Waals surface area contributed by atoms with E-state index >= 15 is 0 Å². The van der Waals surface area contributed by atoms with Gasteiger partial charge in [-0.2, -0.15) is 0 Å². The maximum atomic E-state index is 13.5. The third kappa shape index (κ3) is 4.00. The quantitative estimate of drug-likeness (QED) is 0.378. The molecule has 0 saturated carbocycles. The van der Waals surface area contributed by atoms with Crippen LogP contribution in [0.25, 0.3) is 22.2 Å². The molecule has 0 fully saturated rings. The van der Waals surface area contributed by atoms with Crippen LogP contribution < -0.4 is 5.32 Å². The van der Waals surface area contributed by atoms with Gasteiger partial charge in [0.2, 0.25) is 0 Å². The number of ether oxygens (including phenoxy) is 1. The molecule has 2 aromatic heterocycles. The Bertz CT molecular complexity index is 1380. The number of esters is 1. The molecule has 1 aliphatic rings. The second-order valence-electron chi connectivity index (χ2n) is 7.94. The molecule has 2 heterocycles. The Hall–Kier alpha value is -3.58. The zero-order valence-electron chi connectivity index (χ0n) is 18.0. The van der Waals surface area contributed by atoms with Gasteiger partial charge in [-0.15, -0.1) is 11.3 Å².